The molecule has 1 aliphatic carbocycles. The fourth-order valence-electron chi connectivity index (χ4n) is 2.67. The monoisotopic (exact) mass is 234 g/mol. The summed E-state index contributed by atoms with van der Waals surface area (Å²) in [5, 5.41) is 10.3. The van der Waals surface area contributed by atoms with Crippen LogP contribution >= 0.6 is 11.8 Å². The van der Waals surface area contributed by atoms with Gasteiger partial charge in [-0.05, 0) is 54.2 Å². The first-order valence-electron chi connectivity index (χ1n) is 6.19. The lowest BCUT2D eigenvalue weighted by molar-refractivity contribution is 0.150. The zero-order valence-corrected chi connectivity index (χ0v) is 10.3. The van der Waals surface area contributed by atoms with E-state index < -0.39 is 5.60 Å². The van der Waals surface area contributed by atoms with Gasteiger partial charge < -0.3 is 5.11 Å². The van der Waals surface area contributed by atoms with E-state index in [1.165, 1.54) is 35.5 Å². The summed E-state index contributed by atoms with van der Waals surface area (Å²) in [6.07, 6.45) is 4.45. The largest absolute Gasteiger partial charge is 0.385 e. The summed E-state index contributed by atoms with van der Waals surface area (Å²) in [6, 6.07) is 8.54. The average molecular weight is 234 g/mol. The molecule has 1 nitrogen and oxygen atoms in total. The Morgan fingerprint density at radius 3 is 2.50 bits per heavy atom. The van der Waals surface area contributed by atoms with Crippen molar-refractivity contribution in [2.45, 2.75) is 37.2 Å². The number of aliphatic hydroxyl groups is 1. The molecular formula is C14H18OS. The van der Waals surface area contributed by atoms with Gasteiger partial charge in [-0.2, -0.15) is 11.8 Å². The van der Waals surface area contributed by atoms with Crippen molar-refractivity contribution in [2.24, 2.45) is 0 Å². The van der Waals surface area contributed by atoms with Crippen molar-refractivity contribution in [2.75, 3.05) is 11.5 Å². The molecular weight excluding hydrogens is 216 g/mol. The SMILES string of the molecule is OC1(c2ccccc2C2CCSCC2)CC1. The highest BCUT2D eigenvalue weighted by Gasteiger charge is 2.44. The highest BCUT2D eigenvalue weighted by molar-refractivity contribution is 7.99. The minimum Gasteiger partial charge on any atom is -0.385 e. The summed E-state index contributed by atoms with van der Waals surface area (Å²) in [6.45, 7) is 0. The van der Waals surface area contributed by atoms with Crippen molar-refractivity contribution < 1.29 is 5.11 Å². The van der Waals surface area contributed by atoms with E-state index in [9.17, 15) is 5.11 Å². The molecule has 1 N–H and O–H groups in total. The van der Waals surface area contributed by atoms with Crippen LogP contribution in [0, 0.1) is 0 Å². The van der Waals surface area contributed by atoms with E-state index >= 15 is 0 Å². The molecule has 0 atom stereocenters. The molecule has 1 aromatic carbocycles. The highest BCUT2D eigenvalue weighted by Crippen LogP contribution is 2.49. The van der Waals surface area contributed by atoms with Crippen LogP contribution in [0.4, 0.5) is 0 Å². The molecule has 1 aliphatic heterocycles. The number of benzene rings is 1. The molecule has 2 fully saturated rings. The molecule has 1 heterocycles. The van der Waals surface area contributed by atoms with Gasteiger partial charge in [-0.15, -0.1) is 0 Å². The van der Waals surface area contributed by atoms with Gasteiger partial charge in [0.25, 0.3) is 0 Å². The first kappa shape index (κ1) is 10.7. The molecule has 2 aliphatic rings. The number of rotatable bonds is 2. The molecule has 0 spiro atoms. The first-order chi connectivity index (χ1) is 7.80. The fraction of sp³-hybridized carbons (Fsp3) is 0.571. The second-order valence-corrected chi connectivity index (χ2v) is 6.23. The standard InChI is InChI=1S/C14H18OS/c15-14(7-8-14)13-4-2-1-3-12(13)11-5-9-16-10-6-11/h1-4,11,15H,5-10H2. The number of thioether (sulfide) groups is 1. The minimum absolute atomic E-state index is 0.471. The molecule has 86 valence electrons. The lowest BCUT2D eigenvalue weighted by atomic mass is 9.87. The molecule has 0 amide bonds. The summed E-state index contributed by atoms with van der Waals surface area (Å²) in [5.41, 5.74) is 2.16. The third-order valence-corrected chi connectivity index (χ3v) is 4.90. The van der Waals surface area contributed by atoms with Crippen LogP contribution in [0.15, 0.2) is 24.3 Å². The van der Waals surface area contributed by atoms with Crippen molar-refractivity contribution in [1.82, 2.24) is 0 Å². The molecule has 0 unspecified atom stereocenters. The zero-order valence-electron chi connectivity index (χ0n) is 9.48. The molecule has 1 aromatic rings. The third-order valence-electron chi connectivity index (χ3n) is 3.85. The average Bonchev–Trinajstić information content (AvgIpc) is 3.10. The van der Waals surface area contributed by atoms with Crippen molar-refractivity contribution in [3.05, 3.63) is 35.4 Å². The van der Waals surface area contributed by atoms with Gasteiger partial charge in [0.05, 0.1) is 5.60 Å². The highest BCUT2D eigenvalue weighted by atomic mass is 32.2. The number of hydrogen-bond acceptors (Lipinski definition) is 2. The summed E-state index contributed by atoms with van der Waals surface area (Å²) >= 11 is 2.06. The van der Waals surface area contributed by atoms with Crippen molar-refractivity contribution in [3.63, 3.8) is 0 Å². The van der Waals surface area contributed by atoms with Gasteiger partial charge in [0, 0.05) is 0 Å². The van der Waals surface area contributed by atoms with E-state index in [4.69, 9.17) is 0 Å². The van der Waals surface area contributed by atoms with Gasteiger partial charge in [-0.1, -0.05) is 24.3 Å². The predicted octanol–water partition coefficient (Wildman–Crippen LogP) is 3.28. The molecule has 1 saturated heterocycles. The normalized spacial score (nSPS) is 24.3. The Bertz CT molecular complexity index is 378. The van der Waals surface area contributed by atoms with E-state index in [2.05, 4.69) is 36.0 Å². The molecule has 2 heteroatoms. The van der Waals surface area contributed by atoms with Gasteiger partial charge in [0.2, 0.25) is 0 Å². The molecule has 1 saturated carbocycles. The Balaban J connectivity index is 1.93. The van der Waals surface area contributed by atoms with Crippen LogP contribution in [-0.2, 0) is 5.60 Å². The van der Waals surface area contributed by atoms with Gasteiger partial charge in [0.15, 0.2) is 0 Å². The van der Waals surface area contributed by atoms with Crippen molar-refractivity contribution in [1.29, 1.82) is 0 Å². The maximum atomic E-state index is 10.3. The Morgan fingerprint density at radius 2 is 1.81 bits per heavy atom. The smallest absolute Gasteiger partial charge is 0.0901 e. The Hall–Kier alpha value is -0.470. The predicted molar refractivity (Wildman–Crippen MR) is 68.9 cm³/mol. The Kier molecular flexibility index (Phi) is 2.72. The summed E-state index contributed by atoms with van der Waals surface area (Å²) in [4.78, 5) is 0. The van der Waals surface area contributed by atoms with E-state index in [0.717, 1.165) is 12.8 Å². The summed E-state index contributed by atoms with van der Waals surface area (Å²) in [5.74, 6) is 3.23. The van der Waals surface area contributed by atoms with Crippen LogP contribution in [0.25, 0.3) is 0 Å². The molecule has 3 rings (SSSR count). The van der Waals surface area contributed by atoms with E-state index in [1.807, 2.05) is 0 Å². The van der Waals surface area contributed by atoms with Gasteiger partial charge in [-0.3, -0.25) is 0 Å². The lowest BCUT2D eigenvalue weighted by Gasteiger charge is -2.25. The molecule has 0 bridgehead atoms. The van der Waals surface area contributed by atoms with E-state index in [0.29, 0.717) is 5.92 Å². The van der Waals surface area contributed by atoms with Gasteiger partial charge >= 0.3 is 0 Å². The van der Waals surface area contributed by atoms with Crippen LogP contribution in [-0.4, -0.2) is 16.6 Å². The number of hydrogen-bond donors (Lipinski definition) is 1. The van der Waals surface area contributed by atoms with Gasteiger partial charge in [0.1, 0.15) is 0 Å². The van der Waals surface area contributed by atoms with Crippen molar-refractivity contribution in [3.8, 4) is 0 Å². The van der Waals surface area contributed by atoms with E-state index in [-0.39, 0.29) is 0 Å². The molecule has 16 heavy (non-hydrogen) atoms. The fourth-order valence-corrected chi connectivity index (χ4v) is 3.78. The van der Waals surface area contributed by atoms with Crippen LogP contribution in [0.2, 0.25) is 0 Å². The Labute approximate surface area is 101 Å². The van der Waals surface area contributed by atoms with E-state index in [1.54, 1.807) is 0 Å². The third kappa shape index (κ3) is 1.89. The van der Waals surface area contributed by atoms with Crippen LogP contribution in [0.5, 0.6) is 0 Å². The topological polar surface area (TPSA) is 20.2 Å². The first-order valence-corrected chi connectivity index (χ1v) is 7.35. The summed E-state index contributed by atoms with van der Waals surface area (Å²) < 4.78 is 0. The lowest BCUT2D eigenvalue weighted by Crippen LogP contribution is -2.14. The van der Waals surface area contributed by atoms with Gasteiger partial charge in [-0.25, -0.2) is 0 Å². The second-order valence-electron chi connectivity index (χ2n) is 5.01. The summed E-state index contributed by atoms with van der Waals surface area (Å²) in [7, 11) is 0. The second kappa shape index (κ2) is 4.08. The maximum Gasteiger partial charge on any atom is 0.0901 e. The minimum atomic E-state index is -0.471. The van der Waals surface area contributed by atoms with Crippen LogP contribution in [0.3, 0.4) is 0 Å². The Morgan fingerprint density at radius 1 is 1.12 bits per heavy atom. The molecule has 0 aromatic heterocycles. The van der Waals surface area contributed by atoms with Crippen LogP contribution < -0.4 is 0 Å². The maximum absolute atomic E-state index is 10.3. The quantitative estimate of drug-likeness (QED) is 0.847. The zero-order chi connectivity index (χ0) is 11.0. The van der Waals surface area contributed by atoms with Crippen molar-refractivity contribution >= 4 is 11.8 Å². The molecule has 0 radical (unpaired) electrons. The van der Waals surface area contributed by atoms with Crippen LogP contribution in [0.1, 0.15) is 42.7 Å².